The van der Waals surface area contributed by atoms with Crippen LogP contribution in [0.15, 0.2) is 22.7 Å². The van der Waals surface area contributed by atoms with Gasteiger partial charge in [0.25, 0.3) is 0 Å². The van der Waals surface area contributed by atoms with Gasteiger partial charge in [0.15, 0.2) is 0 Å². The minimum absolute atomic E-state index is 0.125. The summed E-state index contributed by atoms with van der Waals surface area (Å²) in [6.07, 6.45) is 3.19. The predicted molar refractivity (Wildman–Crippen MR) is 71.1 cm³/mol. The molecular weight excluding hydrogens is 280 g/mol. The maximum Gasteiger partial charge on any atom is 0.122 e. The Hall–Kier alpha value is -1.21. The molecule has 2 unspecified atom stereocenters. The summed E-state index contributed by atoms with van der Waals surface area (Å²) in [6, 6.07) is 8.52. The zero-order valence-corrected chi connectivity index (χ0v) is 11.3. The van der Waals surface area contributed by atoms with E-state index in [4.69, 9.17) is 10.00 Å². The van der Waals surface area contributed by atoms with Crippen LogP contribution in [0.3, 0.4) is 0 Å². The Bertz CT molecular complexity index is 442. The SMILES string of the molecule is COc1cc(Br)cc(NC2CCCC2C#N)c1. The van der Waals surface area contributed by atoms with E-state index in [0.29, 0.717) is 0 Å². The van der Waals surface area contributed by atoms with Crippen LogP contribution in [0.2, 0.25) is 0 Å². The molecule has 3 nitrogen and oxygen atoms in total. The average Bonchev–Trinajstić information content (AvgIpc) is 2.75. The quantitative estimate of drug-likeness (QED) is 0.927. The second kappa shape index (κ2) is 5.42. The van der Waals surface area contributed by atoms with Crippen molar-refractivity contribution >= 4 is 21.6 Å². The maximum absolute atomic E-state index is 9.05. The van der Waals surface area contributed by atoms with Gasteiger partial charge in [0.05, 0.1) is 19.1 Å². The van der Waals surface area contributed by atoms with Gasteiger partial charge in [0, 0.05) is 22.3 Å². The molecule has 1 saturated carbocycles. The van der Waals surface area contributed by atoms with Crippen molar-refractivity contribution in [3.63, 3.8) is 0 Å². The fourth-order valence-electron chi connectivity index (χ4n) is 2.27. The van der Waals surface area contributed by atoms with E-state index in [2.05, 4.69) is 27.3 Å². The first-order chi connectivity index (χ1) is 8.22. The third-order valence-corrected chi connectivity index (χ3v) is 3.60. The standard InChI is InChI=1S/C13H15BrN2O/c1-17-12-6-10(14)5-11(7-12)16-13-4-2-3-9(13)8-15/h5-7,9,13,16H,2-4H2,1H3. The molecule has 0 bridgehead atoms. The molecule has 2 rings (SSSR count). The third-order valence-electron chi connectivity index (χ3n) is 3.14. The molecule has 1 aromatic carbocycles. The van der Waals surface area contributed by atoms with Crippen LogP contribution >= 0.6 is 15.9 Å². The first-order valence-electron chi connectivity index (χ1n) is 5.73. The van der Waals surface area contributed by atoms with Crippen molar-refractivity contribution in [1.29, 1.82) is 5.26 Å². The summed E-state index contributed by atoms with van der Waals surface area (Å²) >= 11 is 3.45. The van der Waals surface area contributed by atoms with Gasteiger partial charge >= 0.3 is 0 Å². The van der Waals surface area contributed by atoms with Gasteiger partial charge in [-0.25, -0.2) is 0 Å². The molecule has 1 aliphatic rings. The zero-order valence-electron chi connectivity index (χ0n) is 9.74. The van der Waals surface area contributed by atoms with Gasteiger partial charge in [-0.05, 0) is 31.4 Å². The number of halogens is 1. The number of anilines is 1. The monoisotopic (exact) mass is 294 g/mol. The molecule has 0 aromatic heterocycles. The predicted octanol–water partition coefficient (Wildman–Crippen LogP) is 3.56. The lowest BCUT2D eigenvalue weighted by Gasteiger charge is -2.17. The van der Waals surface area contributed by atoms with Crippen LogP contribution in [0.4, 0.5) is 5.69 Å². The minimum atomic E-state index is 0.125. The van der Waals surface area contributed by atoms with Crippen molar-refractivity contribution in [2.75, 3.05) is 12.4 Å². The van der Waals surface area contributed by atoms with Crippen molar-refractivity contribution in [3.8, 4) is 11.8 Å². The summed E-state index contributed by atoms with van der Waals surface area (Å²) in [5.74, 6) is 0.938. The van der Waals surface area contributed by atoms with Gasteiger partial charge < -0.3 is 10.1 Å². The highest BCUT2D eigenvalue weighted by atomic mass is 79.9. The molecule has 4 heteroatoms. The van der Waals surface area contributed by atoms with Crippen LogP contribution in [0.1, 0.15) is 19.3 Å². The molecule has 17 heavy (non-hydrogen) atoms. The summed E-state index contributed by atoms with van der Waals surface area (Å²) in [7, 11) is 1.65. The molecule has 0 heterocycles. The zero-order chi connectivity index (χ0) is 12.3. The molecule has 2 atom stereocenters. The Kier molecular flexibility index (Phi) is 3.90. The van der Waals surface area contributed by atoms with Gasteiger partial charge in [-0.1, -0.05) is 15.9 Å². The highest BCUT2D eigenvalue weighted by Crippen LogP contribution is 2.30. The molecule has 0 saturated heterocycles. The van der Waals surface area contributed by atoms with Crippen molar-refractivity contribution < 1.29 is 4.74 Å². The van der Waals surface area contributed by atoms with Crippen LogP contribution < -0.4 is 10.1 Å². The first kappa shape index (κ1) is 12.3. The summed E-state index contributed by atoms with van der Waals surface area (Å²) in [5, 5.41) is 12.5. The number of nitrogens with zero attached hydrogens (tertiary/aromatic N) is 1. The molecule has 1 fully saturated rings. The summed E-state index contributed by atoms with van der Waals surface area (Å²) in [5.41, 5.74) is 1.00. The van der Waals surface area contributed by atoms with E-state index in [-0.39, 0.29) is 12.0 Å². The van der Waals surface area contributed by atoms with E-state index >= 15 is 0 Å². The van der Waals surface area contributed by atoms with Gasteiger partial charge in [-0.3, -0.25) is 0 Å². The second-order valence-corrected chi connectivity index (χ2v) is 5.21. The van der Waals surface area contributed by atoms with E-state index in [0.717, 1.165) is 35.2 Å². The molecule has 1 aromatic rings. The highest BCUT2D eigenvalue weighted by molar-refractivity contribution is 9.10. The molecule has 0 radical (unpaired) electrons. The Morgan fingerprint density at radius 1 is 1.41 bits per heavy atom. The number of nitrogens with one attached hydrogen (secondary N) is 1. The van der Waals surface area contributed by atoms with Gasteiger partial charge in [-0.2, -0.15) is 5.26 Å². The number of hydrogen-bond acceptors (Lipinski definition) is 3. The Morgan fingerprint density at radius 2 is 2.24 bits per heavy atom. The van der Waals surface area contributed by atoms with Gasteiger partial charge in [0.2, 0.25) is 0 Å². The number of ether oxygens (including phenoxy) is 1. The molecule has 90 valence electrons. The number of methoxy groups -OCH3 is 1. The lowest BCUT2D eigenvalue weighted by atomic mass is 10.1. The highest BCUT2D eigenvalue weighted by Gasteiger charge is 2.26. The van der Waals surface area contributed by atoms with Crippen molar-refractivity contribution in [3.05, 3.63) is 22.7 Å². The molecule has 0 spiro atoms. The molecule has 1 N–H and O–H groups in total. The van der Waals surface area contributed by atoms with Crippen molar-refractivity contribution in [1.82, 2.24) is 0 Å². The largest absolute Gasteiger partial charge is 0.497 e. The summed E-state index contributed by atoms with van der Waals surface area (Å²) in [6.45, 7) is 0. The summed E-state index contributed by atoms with van der Waals surface area (Å²) in [4.78, 5) is 0. The number of nitriles is 1. The number of rotatable bonds is 3. The van der Waals surface area contributed by atoms with Crippen LogP contribution in [0.5, 0.6) is 5.75 Å². The Labute approximate surface area is 110 Å². The minimum Gasteiger partial charge on any atom is -0.497 e. The number of hydrogen-bond donors (Lipinski definition) is 1. The number of benzene rings is 1. The van der Waals surface area contributed by atoms with Crippen LogP contribution in [0.25, 0.3) is 0 Å². The van der Waals surface area contributed by atoms with E-state index in [1.54, 1.807) is 7.11 Å². The van der Waals surface area contributed by atoms with Crippen LogP contribution in [0, 0.1) is 17.2 Å². The molecule has 0 aliphatic heterocycles. The van der Waals surface area contributed by atoms with Crippen molar-refractivity contribution in [2.24, 2.45) is 5.92 Å². The fourth-order valence-corrected chi connectivity index (χ4v) is 2.74. The van der Waals surface area contributed by atoms with Gasteiger partial charge in [0.1, 0.15) is 5.75 Å². The molecule has 1 aliphatic carbocycles. The molecular formula is C13H15BrN2O. The van der Waals surface area contributed by atoms with Gasteiger partial charge in [-0.15, -0.1) is 0 Å². The van der Waals surface area contributed by atoms with E-state index in [1.807, 2.05) is 18.2 Å². The lowest BCUT2D eigenvalue weighted by Crippen LogP contribution is -2.22. The summed E-state index contributed by atoms with van der Waals surface area (Å²) < 4.78 is 6.20. The molecule has 0 amide bonds. The van der Waals surface area contributed by atoms with Crippen molar-refractivity contribution in [2.45, 2.75) is 25.3 Å². The fraction of sp³-hybridized carbons (Fsp3) is 0.462. The third kappa shape index (κ3) is 2.92. The maximum atomic E-state index is 9.05. The van der Waals surface area contributed by atoms with E-state index in [1.165, 1.54) is 0 Å². The topological polar surface area (TPSA) is 45.0 Å². The lowest BCUT2D eigenvalue weighted by molar-refractivity contribution is 0.414. The van der Waals surface area contributed by atoms with E-state index < -0.39 is 0 Å². The van der Waals surface area contributed by atoms with Crippen LogP contribution in [-0.4, -0.2) is 13.2 Å². The first-order valence-corrected chi connectivity index (χ1v) is 6.53. The Morgan fingerprint density at radius 3 is 2.94 bits per heavy atom. The Balaban J connectivity index is 2.13. The van der Waals surface area contributed by atoms with Crippen LogP contribution in [-0.2, 0) is 0 Å². The normalized spacial score (nSPS) is 23.1. The van der Waals surface area contributed by atoms with E-state index in [9.17, 15) is 0 Å². The smallest absolute Gasteiger partial charge is 0.122 e. The average molecular weight is 295 g/mol. The second-order valence-electron chi connectivity index (χ2n) is 4.30.